The summed E-state index contributed by atoms with van der Waals surface area (Å²) >= 11 is 0. The van der Waals surface area contributed by atoms with Gasteiger partial charge in [-0.1, -0.05) is 326 Å². The summed E-state index contributed by atoms with van der Waals surface area (Å²) in [6.45, 7) is 24.9. The van der Waals surface area contributed by atoms with Gasteiger partial charge < -0.3 is 44.5 Å². The van der Waals surface area contributed by atoms with Crippen LogP contribution < -0.4 is 5.32 Å². The highest BCUT2D eigenvalue weighted by atomic mass is 16.6. The Bertz CT molecular complexity index is 2080. The van der Waals surface area contributed by atoms with Crippen LogP contribution in [-0.2, 0) is 52.5 Å². The topological polar surface area (TPSA) is 232 Å². The molecule has 0 radical (unpaired) electrons. The third kappa shape index (κ3) is 47.7. The van der Waals surface area contributed by atoms with Crippen LogP contribution in [0.1, 0.15) is 416 Å². The number of carbonyl (C=O) groups excluding carboxylic acids is 5. The normalized spacial score (nSPS) is 15.2. The van der Waals surface area contributed by atoms with Crippen molar-refractivity contribution < 1.29 is 67.8 Å². The van der Waals surface area contributed by atoms with Gasteiger partial charge in [-0.05, 0) is 90.6 Å². The molecule has 0 aromatic rings. The number of esters is 4. The number of nitrogens with one attached hydrogen (secondary N) is 1. The standard InChI is InChI=1S/C51H94N2O10.C35H68O4/c1-7-11-15-19-21-24-32-50(47(58)59,31-23-17-13-9-3)39-42(51(48(60)61,33-25-18-14-10-4)34-26-22-20-16-12-8-2)40-62-43(54)29-35-52-46(57)45(56)49(5,6)41-63-44(55)30-38-53-36-27-28-37-53;1-6-10-14-18-20-24-27-32(26-22-16-12-8-3)34(36)38-30-31(5)39-35(37)33(28-23-17-13-9-4)29-25-21-19-15-11-7-2/h42,45,56H,7-41H2,1-6H3,(H,52,57)(H,58,59)(H,60,61);31-33H,6-30H2,1-5H3/t42?,45-,50?,51?;/m0./s1. The molecule has 1 saturated heterocycles. The van der Waals surface area contributed by atoms with Gasteiger partial charge in [-0.3, -0.25) is 33.6 Å². The molecular weight excluding hydrogens is 1280 g/mol. The molecule has 0 spiro atoms. The van der Waals surface area contributed by atoms with Gasteiger partial charge in [-0.25, -0.2) is 0 Å². The third-order valence-corrected chi connectivity index (χ3v) is 21.8. The lowest BCUT2D eigenvalue weighted by molar-refractivity contribution is -0.166. The lowest BCUT2D eigenvalue weighted by atomic mass is 9.61. The Morgan fingerprint density at radius 3 is 1.21 bits per heavy atom. The van der Waals surface area contributed by atoms with Crippen molar-refractivity contribution in [3.05, 3.63) is 0 Å². The first kappa shape index (κ1) is 98.2. The van der Waals surface area contributed by atoms with E-state index in [0.717, 1.165) is 193 Å². The second kappa shape index (κ2) is 64.4. The minimum Gasteiger partial charge on any atom is -0.481 e. The van der Waals surface area contributed by atoms with Crippen molar-refractivity contribution in [3.8, 4) is 0 Å². The van der Waals surface area contributed by atoms with Gasteiger partial charge in [-0.15, -0.1) is 0 Å². The number of aliphatic hydroxyl groups is 1. The van der Waals surface area contributed by atoms with E-state index < -0.39 is 52.1 Å². The van der Waals surface area contributed by atoms with Crippen molar-refractivity contribution in [2.24, 2.45) is 34.0 Å². The van der Waals surface area contributed by atoms with E-state index in [2.05, 4.69) is 65.6 Å². The van der Waals surface area contributed by atoms with Gasteiger partial charge in [0.05, 0.1) is 48.7 Å². The van der Waals surface area contributed by atoms with Crippen molar-refractivity contribution in [2.75, 3.05) is 46.0 Å². The molecule has 0 saturated carbocycles. The first-order chi connectivity index (χ1) is 49.1. The Morgan fingerprint density at radius 1 is 0.431 bits per heavy atom. The van der Waals surface area contributed by atoms with Gasteiger partial charge in [0.2, 0.25) is 5.91 Å². The summed E-state index contributed by atoms with van der Waals surface area (Å²) in [5, 5.41) is 36.0. The number of ether oxygens (including phenoxy) is 4. The van der Waals surface area contributed by atoms with Crippen molar-refractivity contribution in [3.63, 3.8) is 0 Å². The van der Waals surface area contributed by atoms with E-state index in [0.29, 0.717) is 45.1 Å². The number of hydrogen-bond donors (Lipinski definition) is 4. The van der Waals surface area contributed by atoms with Crippen LogP contribution in [0, 0.1) is 34.0 Å². The molecule has 1 aliphatic rings. The summed E-state index contributed by atoms with van der Waals surface area (Å²) in [7, 11) is 0. The van der Waals surface area contributed by atoms with Gasteiger partial charge in [0, 0.05) is 24.4 Å². The molecule has 0 aliphatic carbocycles. The number of likely N-dealkylation sites (tertiary alicyclic amines) is 1. The third-order valence-electron chi connectivity index (χ3n) is 21.8. The number of aliphatic carboxylic acids is 2. The van der Waals surface area contributed by atoms with Crippen LogP contribution in [0.25, 0.3) is 0 Å². The minimum atomic E-state index is -1.51. The van der Waals surface area contributed by atoms with Gasteiger partial charge in [-0.2, -0.15) is 0 Å². The summed E-state index contributed by atoms with van der Waals surface area (Å²) in [6.07, 6.45) is 49.2. The number of nitrogens with zero attached hydrogens (tertiary/aromatic N) is 1. The summed E-state index contributed by atoms with van der Waals surface area (Å²) < 4.78 is 22.9. The van der Waals surface area contributed by atoms with Crippen molar-refractivity contribution >= 4 is 41.7 Å². The summed E-state index contributed by atoms with van der Waals surface area (Å²) in [4.78, 5) is 94.6. The van der Waals surface area contributed by atoms with Crippen LogP contribution in [0.3, 0.4) is 0 Å². The van der Waals surface area contributed by atoms with E-state index >= 15 is 0 Å². The van der Waals surface area contributed by atoms with Crippen LogP contribution >= 0.6 is 0 Å². The molecule has 600 valence electrons. The van der Waals surface area contributed by atoms with Gasteiger partial charge in [0.1, 0.15) is 18.8 Å². The van der Waals surface area contributed by atoms with Crippen LogP contribution in [0.15, 0.2) is 0 Å². The molecule has 0 bridgehead atoms. The Hall–Kier alpha value is -3.79. The van der Waals surface area contributed by atoms with E-state index in [1.807, 2.05) is 6.92 Å². The van der Waals surface area contributed by atoms with Crippen molar-refractivity contribution in [2.45, 2.75) is 429 Å². The first-order valence-corrected chi connectivity index (χ1v) is 43.0. The molecule has 16 heteroatoms. The van der Waals surface area contributed by atoms with Crippen LogP contribution in [0.2, 0.25) is 0 Å². The second-order valence-corrected chi connectivity index (χ2v) is 31.8. The molecule has 1 amide bonds. The lowest BCUT2D eigenvalue weighted by Gasteiger charge is -2.42. The van der Waals surface area contributed by atoms with Crippen molar-refractivity contribution in [1.82, 2.24) is 10.2 Å². The lowest BCUT2D eigenvalue weighted by Crippen LogP contribution is -2.47. The fourth-order valence-corrected chi connectivity index (χ4v) is 14.7. The molecule has 1 heterocycles. The number of rotatable bonds is 70. The zero-order valence-electron chi connectivity index (χ0n) is 68.1. The molecule has 16 nitrogen and oxygen atoms in total. The monoisotopic (exact) mass is 1450 g/mol. The summed E-state index contributed by atoms with van der Waals surface area (Å²) in [6, 6.07) is 0. The highest BCUT2D eigenvalue weighted by Gasteiger charge is 2.51. The highest BCUT2D eigenvalue weighted by molar-refractivity contribution is 5.82. The van der Waals surface area contributed by atoms with Gasteiger partial charge >= 0.3 is 35.8 Å². The quantitative estimate of drug-likeness (QED) is 0.0252. The summed E-state index contributed by atoms with van der Waals surface area (Å²) in [5.41, 5.74) is -3.51. The van der Waals surface area contributed by atoms with E-state index in [9.17, 15) is 48.9 Å². The van der Waals surface area contributed by atoms with E-state index in [4.69, 9.17) is 18.9 Å². The maximum absolute atomic E-state index is 13.8. The Labute approximate surface area is 625 Å². The molecular formula is C86H162N2O14. The van der Waals surface area contributed by atoms with Crippen LogP contribution in [0.4, 0.5) is 0 Å². The van der Waals surface area contributed by atoms with Gasteiger partial charge in [0.15, 0.2) is 0 Å². The number of amides is 1. The van der Waals surface area contributed by atoms with E-state index in [1.165, 1.54) is 103 Å². The average Bonchev–Trinajstić information content (AvgIpc) is 0.844. The predicted molar refractivity (Wildman–Crippen MR) is 418 cm³/mol. The predicted octanol–water partition coefficient (Wildman–Crippen LogP) is 22.2. The number of unbranched alkanes of at least 4 members (excludes halogenated alkanes) is 32. The number of aliphatic hydroxyl groups excluding tert-OH is 1. The van der Waals surface area contributed by atoms with Crippen LogP contribution in [0.5, 0.6) is 0 Å². The SMILES string of the molecule is CCCCCCCCC(CCCCCC)(CC(COC(=O)CCNC(=O)[C@H](O)C(C)(C)COC(=O)CCN1CCCC1)C(CCCCCC)(CCCCCCCC)C(=O)O)C(=O)O.CCCCCCCCC(CCCCCC)C(=O)OCC(C)OC(=O)C(CCCCCC)CCCCCCCC. The molecule has 7 atom stereocenters. The number of carbonyl (C=O) groups is 7. The smallest absolute Gasteiger partial charge is 0.310 e. The van der Waals surface area contributed by atoms with E-state index in [1.54, 1.807) is 13.8 Å². The zero-order valence-corrected chi connectivity index (χ0v) is 68.1. The zero-order chi connectivity index (χ0) is 76.0. The van der Waals surface area contributed by atoms with E-state index in [-0.39, 0.29) is 81.5 Å². The second-order valence-electron chi connectivity index (χ2n) is 31.8. The molecule has 6 unspecified atom stereocenters. The van der Waals surface area contributed by atoms with Gasteiger partial charge in [0.25, 0.3) is 0 Å². The Morgan fingerprint density at radius 2 is 0.794 bits per heavy atom. The average molecular weight is 1450 g/mol. The number of carboxylic acid groups (broad SMARTS) is 2. The fourth-order valence-electron chi connectivity index (χ4n) is 14.7. The molecule has 4 N–H and O–H groups in total. The molecule has 102 heavy (non-hydrogen) atoms. The number of hydrogen-bond acceptors (Lipinski definition) is 13. The van der Waals surface area contributed by atoms with Crippen molar-refractivity contribution in [1.29, 1.82) is 0 Å². The fraction of sp³-hybridized carbons (Fsp3) is 0.919. The van der Waals surface area contributed by atoms with Crippen LogP contribution in [-0.4, -0.2) is 120 Å². The molecule has 0 aromatic heterocycles. The largest absolute Gasteiger partial charge is 0.481 e. The molecule has 0 aromatic carbocycles. The molecule has 1 aliphatic heterocycles. The number of carboxylic acids is 2. The maximum Gasteiger partial charge on any atom is 0.310 e. The Kier molecular flexibility index (Phi) is 62.0. The first-order valence-electron chi connectivity index (χ1n) is 43.0. The molecule has 1 rings (SSSR count). The minimum absolute atomic E-state index is 0.0186. The highest BCUT2D eigenvalue weighted by Crippen LogP contribution is 2.49. The maximum atomic E-state index is 13.8. The Balaban J connectivity index is 0.00000224. The molecule has 1 fully saturated rings. The summed E-state index contributed by atoms with van der Waals surface area (Å²) in [5.74, 6) is -4.52.